The Bertz CT molecular complexity index is 626. The molecule has 0 fully saturated rings. The summed E-state index contributed by atoms with van der Waals surface area (Å²) in [5.74, 6) is 0.502. The standard InChI is InChI=1S/C11H12ClN5O2/c1-16-11(13)7(6-15-16)5-14-10-8(12)3-2-4-9(10)17(18)19/h2-4,6,14H,5,13H2,1H3. The Balaban J connectivity index is 2.24. The fourth-order valence-corrected chi connectivity index (χ4v) is 1.89. The zero-order valence-corrected chi connectivity index (χ0v) is 10.9. The molecule has 8 heteroatoms. The fourth-order valence-electron chi connectivity index (χ4n) is 1.65. The Morgan fingerprint density at radius 3 is 2.89 bits per heavy atom. The van der Waals surface area contributed by atoms with Gasteiger partial charge in [0.05, 0.1) is 16.1 Å². The minimum atomic E-state index is -0.485. The second kappa shape index (κ2) is 5.15. The Morgan fingerprint density at radius 1 is 1.58 bits per heavy atom. The number of benzene rings is 1. The maximum atomic E-state index is 10.9. The molecule has 0 unspecified atom stereocenters. The van der Waals surface area contributed by atoms with Crippen molar-refractivity contribution in [2.45, 2.75) is 6.54 Å². The van der Waals surface area contributed by atoms with E-state index in [2.05, 4.69) is 10.4 Å². The molecule has 19 heavy (non-hydrogen) atoms. The largest absolute Gasteiger partial charge is 0.384 e. The molecule has 2 rings (SSSR count). The molecule has 0 radical (unpaired) electrons. The first-order chi connectivity index (χ1) is 9.00. The van der Waals surface area contributed by atoms with E-state index < -0.39 is 4.92 Å². The van der Waals surface area contributed by atoms with Gasteiger partial charge in [0.1, 0.15) is 11.5 Å². The van der Waals surface area contributed by atoms with Gasteiger partial charge in [-0.1, -0.05) is 17.7 Å². The number of aryl methyl sites for hydroxylation is 1. The number of anilines is 2. The van der Waals surface area contributed by atoms with Crippen molar-refractivity contribution in [3.05, 3.63) is 45.1 Å². The summed E-state index contributed by atoms with van der Waals surface area (Å²) < 4.78 is 1.53. The highest BCUT2D eigenvalue weighted by molar-refractivity contribution is 6.33. The van der Waals surface area contributed by atoms with E-state index in [-0.39, 0.29) is 16.4 Å². The van der Waals surface area contributed by atoms with Crippen LogP contribution in [0.5, 0.6) is 0 Å². The third-order valence-electron chi connectivity index (χ3n) is 2.71. The van der Waals surface area contributed by atoms with E-state index in [0.717, 1.165) is 5.56 Å². The minimum absolute atomic E-state index is 0.0741. The SMILES string of the molecule is Cn1ncc(CNc2c(Cl)cccc2[N+](=O)[O-])c1N. The van der Waals surface area contributed by atoms with Crippen molar-refractivity contribution >= 4 is 28.8 Å². The molecule has 100 valence electrons. The summed E-state index contributed by atoms with van der Waals surface area (Å²) in [4.78, 5) is 10.4. The number of nitrogens with two attached hydrogens (primary N) is 1. The fraction of sp³-hybridized carbons (Fsp3) is 0.182. The first kappa shape index (κ1) is 13.2. The Morgan fingerprint density at radius 2 is 2.32 bits per heavy atom. The van der Waals surface area contributed by atoms with Crippen LogP contribution in [0, 0.1) is 10.1 Å². The highest BCUT2D eigenvalue weighted by Gasteiger charge is 2.16. The van der Waals surface area contributed by atoms with Gasteiger partial charge in [-0.25, -0.2) is 0 Å². The number of nitrogen functional groups attached to an aromatic ring is 1. The van der Waals surface area contributed by atoms with Crippen LogP contribution in [-0.4, -0.2) is 14.7 Å². The van der Waals surface area contributed by atoms with Crippen molar-refractivity contribution in [1.29, 1.82) is 0 Å². The molecular formula is C11H12ClN5O2. The van der Waals surface area contributed by atoms with Crippen molar-refractivity contribution in [3.8, 4) is 0 Å². The van der Waals surface area contributed by atoms with Crippen LogP contribution in [0.25, 0.3) is 0 Å². The lowest BCUT2D eigenvalue weighted by Gasteiger charge is -2.08. The van der Waals surface area contributed by atoms with Gasteiger partial charge < -0.3 is 11.1 Å². The number of hydrogen-bond acceptors (Lipinski definition) is 5. The second-order valence-corrected chi connectivity index (χ2v) is 4.33. The molecule has 1 heterocycles. The zero-order valence-electron chi connectivity index (χ0n) is 10.1. The van der Waals surface area contributed by atoms with E-state index in [1.165, 1.54) is 16.8 Å². The molecule has 0 spiro atoms. The monoisotopic (exact) mass is 281 g/mol. The number of para-hydroxylation sites is 1. The summed E-state index contributed by atoms with van der Waals surface area (Å²) in [6, 6.07) is 4.51. The maximum Gasteiger partial charge on any atom is 0.293 e. The number of nitro benzene ring substituents is 1. The number of rotatable bonds is 4. The average molecular weight is 282 g/mol. The molecule has 0 aliphatic carbocycles. The number of nitro groups is 1. The summed E-state index contributed by atoms with van der Waals surface area (Å²) in [7, 11) is 1.72. The smallest absolute Gasteiger partial charge is 0.293 e. The number of halogens is 1. The van der Waals surface area contributed by atoms with Gasteiger partial charge in [0.2, 0.25) is 0 Å². The van der Waals surface area contributed by atoms with Crippen molar-refractivity contribution < 1.29 is 4.92 Å². The first-order valence-corrected chi connectivity index (χ1v) is 5.81. The van der Waals surface area contributed by atoms with Crippen LogP contribution in [0.3, 0.4) is 0 Å². The van der Waals surface area contributed by atoms with E-state index in [0.29, 0.717) is 12.4 Å². The summed E-state index contributed by atoms with van der Waals surface area (Å²) in [5, 5.41) is 18.1. The summed E-state index contributed by atoms with van der Waals surface area (Å²) in [6.45, 7) is 0.310. The topological polar surface area (TPSA) is 99.0 Å². The van der Waals surface area contributed by atoms with Gasteiger partial charge in [0.15, 0.2) is 0 Å². The molecule has 0 saturated carbocycles. The van der Waals surface area contributed by atoms with Crippen molar-refractivity contribution in [2.24, 2.45) is 7.05 Å². The van der Waals surface area contributed by atoms with Gasteiger partial charge in [-0.2, -0.15) is 5.10 Å². The average Bonchev–Trinajstić information content (AvgIpc) is 2.68. The molecule has 2 aromatic rings. The molecule has 3 N–H and O–H groups in total. The van der Waals surface area contributed by atoms with E-state index in [1.54, 1.807) is 19.3 Å². The number of nitrogens with zero attached hydrogens (tertiary/aromatic N) is 3. The van der Waals surface area contributed by atoms with Crippen LogP contribution in [0.2, 0.25) is 5.02 Å². The van der Waals surface area contributed by atoms with Gasteiger partial charge >= 0.3 is 0 Å². The minimum Gasteiger partial charge on any atom is -0.384 e. The number of aromatic nitrogens is 2. The van der Waals surface area contributed by atoms with Crippen LogP contribution < -0.4 is 11.1 Å². The third-order valence-corrected chi connectivity index (χ3v) is 3.02. The molecule has 1 aromatic heterocycles. The molecule has 0 aliphatic rings. The van der Waals surface area contributed by atoms with Gasteiger partial charge in [-0.05, 0) is 6.07 Å². The highest BCUT2D eigenvalue weighted by Crippen LogP contribution is 2.32. The van der Waals surface area contributed by atoms with Crippen LogP contribution in [0.15, 0.2) is 24.4 Å². The molecule has 1 aromatic carbocycles. The predicted molar refractivity (Wildman–Crippen MR) is 73.1 cm³/mol. The Labute approximate surface area is 114 Å². The van der Waals surface area contributed by atoms with Crippen LogP contribution in [0.1, 0.15) is 5.56 Å². The van der Waals surface area contributed by atoms with E-state index in [4.69, 9.17) is 17.3 Å². The number of hydrogen-bond donors (Lipinski definition) is 2. The lowest BCUT2D eigenvalue weighted by atomic mass is 10.2. The van der Waals surface area contributed by atoms with Gasteiger partial charge in [0, 0.05) is 25.2 Å². The molecule has 0 atom stereocenters. The maximum absolute atomic E-state index is 10.9. The van der Waals surface area contributed by atoms with Crippen LogP contribution in [-0.2, 0) is 13.6 Å². The Kier molecular flexibility index (Phi) is 3.57. The quantitative estimate of drug-likeness (QED) is 0.661. The van der Waals surface area contributed by atoms with Crippen molar-refractivity contribution in [2.75, 3.05) is 11.1 Å². The predicted octanol–water partition coefficient (Wildman–Crippen LogP) is 2.18. The molecule has 0 aliphatic heterocycles. The van der Waals surface area contributed by atoms with E-state index >= 15 is 0 Å². The second-order valence-electron chi connectivity index (χ2n) is 3.92. The first-order valence-electron chi connectivity index (χ1n) is 5.44. The van der Waals surface area contributed by atoms with Gasteiger partial charge in [-0.15, -0.1) is 0 Å². The Hall–Kier alpha value is -2.28. The highest BCUT2D eigenvalue weighted by atomic mass is 35.5. The van der Waals surface area contributed by atoms with Crippen molar-refractivity contribution in [3.63, 3.8) is 0 Å². The molecule has 0 amide bonds. The molecular weight excluding hydrogens is 270 g/mol. The van der Waals surface area contributed by atoms with Crippen LogP contribution >= 0.6 is 11.6 Å². The molecule has 7 nitrogen and oxygen atoms in total. The van der Waals surface area contributed by atoms with Gasteiger partial charge in [0.25, 0.3) is 5.69 Å². The molecule has 0 bridgehead atoms. The van der Waals surface area contributed by atoms with Crippen molar-refractivity contribution in [1.82, 2.24) is 9.78 Å². The summed E-state index contributed by atoms with van der Waals surface area (Å²) in [5.41, 5.74) is 6.74. The lowest BCUT2D eigenvalue weighted by Crippen LogP contribution is -2.06. The number of nitrogens with one attached hydrogen (secondary N) is 1. The molecule has 0 saturated heterocycles. The zero-order chi connectivity index (χ0) is 14.0. The summed E-state index contributed by atoms with van der Waals surface area (Å²) in [6.07, 6.45) is 1.60. The third kappa shape index (κ3) is 2.60. The summed E-state index contributed by atoms with van der Waals surface area (Å²) >= 11 is 5.97. The van der Waals surface area contributed by atoms with E-state index in [1.807, 2.05) is 0 Å². The van der Waals surface area contributed by atoms with Crippen LogP contribution in [0.4, 0.5) is 17.2 Å². The van der Waals surface area contributed by atoms with Gasteiger partial charge in [-0.3, -0.25) is 14.8 Å². The van der Waals surface area contributed by atoms with E-state index in [9.17, 15) is 10.1 Å². The lowest BCUT2D eigenvalue weighted by molar-refractivity contribution is -0.383. The normalized spacial score (nSPS) is 10.4.